The van der Waals surface area contributed by atoms with Crippen molar-refractivity contribution in [2.75, 3.05) is 14.2 Å². The lowest BCUT2D eigenvalue weighted by Gasteiger charge is -2.12. The van der Waals surface area contributed by atoms with E-state index in [0.29, 0.717) is 17.1 Å². The summed E-state index contributed by atoms with van der Waals surface area (Å²) in [5.41, 5.74) is 0.416. The lowest BCUT2D eigenvalue weighted by Crippen LogP contribution is -2.11. The van der Waals surface area contributed by atoms with Crippen molar-refractivity contribution in [3.05, 3.63) is 23.8 Å². The fourth-order valence-corrected chi connectivity index (χ4v) is 1.83. The number of carboxylic acid groups (broad SMARTS) is 1. The van der Waals surface area contributed by atoms with E-state index in [1.165, 1.54) is 14.2 Å². The van der Waals surface area contributed by atoms with E-state index < -0.39 is 5.97 Å². The number of carbonyl (C=O) groups is 2. The number of hydrogen-bond acceptors (Lipinski definition) is 4. The summed E-state index contributed by atoms with van der Waals surface area (Å²) in [7, 11) is 3.00. The van der Waals surface area contributed by atoms with E-state index in [-0.39, 0.29) is 24.5 Å². The van der Waals surface area contributed by atoms with Gasteiger partial charge in [0.2, 0.25) is 0 Å². The third-order valence-electron chi connectivity index (χ3n) is 2.76. The second-order valence-electron chi connectivity index (χ2n) is 4.40. The number of Topliss-reactive ketones (excluding diaryl/α,β-unsaturated/α-hetero) is 1. The standard InChI is InChI=1S/C14H18O5/c1-9(7-14(16)17)6-12(15)11-8-10(18-2)4-5-13(11)19-3/h4-5,8-9H,6-7H2,1-3H3,(H,16,17)/t9-/m0/s1. The molecule has 0 saturated heterocycles. The summed E-state index contributed by atoms with van der Waals surface area (Å²) in [6.07, 6.45) is 0.133. The van der Waals surface area contributed by atoms with Gasteiger partial charge >= 0.3 is 5.97 Å². The van der Waals surface area contributed by atoms with Crippen LogP contribution in [-0.2, 0) is 4.79 Å². The highest BCUT2D eigenvalue weighted by Gasteiger charge is 2.18. The van der Waals surface area contributed by atoms with E-state index in [0.717, 1.165) is 0 Å². The third kappa shape index (κ3) is 4.28. The van der Waals surface area contributed by atoms with Crippen molar-refractivity contribution in [3.63, 3.8) is 0 Å². The summed E-state index contributed by atoms with van der Waals surface area (Å²) >= 11 is 0. The smallest absolute Gasteiger partial charge is 0.303 e. The molecule has 0 radical (unpaired) electrons. The second-order valence-corrected chi connectivity index (χ2v) is 4.40. The van der Waals surface area contributed by atoms with Crippen LogP contribution in [0.3, 0.4) is 0 Å². The van der Waals surface area contributed by atoms with Gasteiger partial charge in [0.25, 0.3) is 0 Å². The quantitative estimate of drug-likeness (QED) is 0.767. The Bertz CT molecular complexity index is 467. The molecule has 0 aromatic heterocycles. The molecule has 0 saturated carbocycles. The molecule has 0 heterocycles. The molecular formula is C14H18O5. The Morgan fingerprint density at radius 1 is 1.21 bits per heavy atom. The molecule has 5 nitrogen and oxygen atoms in total. The molecule has 1 aromatic rings. The fraction of sp³-hybridized carbons (Fsp3) is 0.429. The van der Waals surface area contributed by atoms with Crippen molar-refractivity contribution in [1.29, 1.82) is 0 Å². The largest absolute Gasteiger partial charge is 0.497 e. The first-order chi connectivity index (χ1) is 8.97. The molecule has 0 aliphatic heterocycles. The maximum absolute atomic E-state index is 12.2. The molecular weight excluding hydrogens is 248 g/mol. The van der Waals surface area contributed by atoms with Crippen molar-refractivity contribution in [2.24, 2.45) is 5.92 Å². The number of hydrogen-bond donors (Lipinski definition) is 1. The van der Waals surface area contributed by atoms with E-state index in [1.807, 2.05) is 0 Å². The highest BCUT2D eigenvalue weighted by atomic mass is 16.5. The number of methoxy groups -OCH3 is 2. The zero-order chi connectivity index (χ0) is 14.4. The predicted molar refractivity (Wildman–Crippen MR) is 69.9 cm³/mol. The summed E-state index contributed by atoms with van der Waals surface area (Å²) in [6.45, 7) is 1.73. The van der Waals surface area contributed by atoms with Gasteiger partial charge in [-0.2, -0.15) is 0 Å². The van der Waals surface area contributed by atoms with Crippen molar-refractivity contribution < 1.29 is 24.2 Å². The molecule has 0 aliphatic carbocycles. The van der Waals surface area contributed by atoms with Crippen LogP contribution in [0.15, 0.2) is 18.2 Å². The zero-order valence-electron chi connectivity index (χ0n) is 11.3. The van der Waals surface area contributed by atoms with E-state index in [2.05, 4.69) is 0 Å². The molecule has 1 atom stereocenters. The molecule has 0 fully saturated rings. The first kappa shape index (κ1) is 15.0. The lowest BCUT2D eigenvalue weighted by atomic mass is 9.96. The van der Waals surface area contributed by atoms with Gasteiger partial charge in [-0.3, -0.25) is 9.59 Å². The van der Waals surface area contributed by atoms with Gasteiger partial charge in [-0.15, -0.1) is 0 Å². The van der Waals surface area contributed by atoms with Crippen LogP contribution < -0.4 is 9.47 Å². The van der Waals surface area contributed by atoms with E-state index >= 15 is 0 Å². The number of ketones is 1. The molecule has 1 N–H and O–H groups in total. The van der Waals surface area contributed by atoms with Gasteiger partial charge in [-0.25, -0.2) is 0 Å². The van der Waals surface area contributed by atoms with Gasteiger partial charge in [0.05, 0.1) is 19.8 Å². The minimum absolute atomic E-state index is 0.0297. The number of ether oxygens (including phenoxy) is 2. The number of benzene rings is 1. The summed E-state index contributed by atoms with van der Waals surface area (Å²) < 4.78 is 10.2. The molecule has 5 heteroatoms. The molecule has 1 rings (SSSR count). The minimum atomic E-state index is -0.905. The van der Waals surface area contributed by atoms with Crippen molar-refractivity contribution >= 4 is 11.8 Å². The number of carboxylic acids is 1. The second kappa shape index (κ2) is 6.78. The zero-order valence-corrected chi connectivity index (χ0v) is 11.3. The Labute approximate surface area is 112 Å². The summed E-state index contributed by atoms with van der Waals surface area (Å²) in [4.78, 5) is 22.8. The molecule has 104 valence electrons. The minimum Gasteiger partial charge on any atom is -0.497 e. The molecule has 0 spiro atoms. The molecule has 0 amide bonds. The Kier molecular flexibility index (Phi) is 5.36. The average Bonchev–Trinajstić information content (AvgIpc) is 2.36. The fourth-order valence-electron chi connectivity index (χ4n) is 1.83. The van der Waals surface area contributed by atoms with Crippen molar-refractivity contribution in [1.82, 2.24) is 0 Å². The van der Waals surface area contributed by atoms with Gasteiger partial charge in [0, 0.05) is 12.8 Å². The molecule has 0 bridgehead atoms. The van der Waals surface area contributed by atoms with Crippen LogP contribution in [0.4, 0.5) is 0 Å². The Balaban J connectivity index is 2.88. The molecule has 0 unspecified atom stereocenters. The normalized spacial score (nSPS) is 11.7. The highest BCUT2D eigenvalue weighted by Crippen LogP contribution is 2.26. The van der Waals surface area contributed by atoms with Gasteiger partial charge in [-0.05, 0) is 24.1 Å². The average molecular weight is 266 g/mol. The first-order valence-electron chi connectivity index (χ1n) is 5.95. The van der Waals surface area contributed by atoms with Gasteiger partial charge < -0.3 is 14.6 Å². The van der Waals surface area contributed by atoms with E-state index in [9.17, 15) is 9.59 Å². The Morgan fingerprint density at radius 3 is 2.42 bits per heavy atom. The summed E-state index contributed by atoms with van der Waals surface area (Å²) in [5.74, 6) is -0.244. The van der Waals surface area contributed by atoms with E-state index in [4.69, 9.17) is 14.6 Å². The molecule has 1 aromatic carbocycles. The van der Waals surface area contributed by atoms with Crippen LogP contribution in [0.5, 0.6) is 11.5 Å². The van der Waals surface area contributed by atoms with Crippen molar-refractivity contribution in [2.45, 2.75) is 19.8 Å². The van der Waals surface area contributed by atoms with E-state index in [1.54, 1.807) is 25.1 Å². The third-order valence-corrected chi connectivity index (χ3v) is 2.76. The van der Waals surface area contributed by atoms with Gasteiger partial charge in [0.15, 0.2) is 5.78 Å². The van der Waals surface area contributed by atoms with Crippen LogP contribution in [0.25, 0.3) is 0 Å². The van der Waals surface area contributed by atoms with Crippen molar-refractivity contribution in [3.8, 4) is 11.5 Å². The van der Waals surface area contributed by atoms with Gasteiger partial charge in [-0.1, -0.05) is 6.92 Å². The predicted octanol–water partition coefficient (Wildman–Crippen LogP) is 2.39. The SMILES string of the molecule is COc1ccc(OC)c(C(=O)C[C@H](C)CC(=O)O)c1. The summed E-state index contributed by atoms with van der Waals surface area (Å²) in [6, 6.07) is 4.97. The van der Waals surface area contributed by atoms with Crippen LogP contribution in [-0.4, -0.2) is 31.1 Å². The highest BCUT2D eigenvalue weighted by molar-refractivity contribution is 5.99. The van der Waals surface area contributed by atoms with Crippen LogP contribution in [0.2, 0.25) is 0 Å². The molecule has 0 aliphatic rings. The van der Waals surface area contributed by atoms with Crippen LogP contribution >= 0.6 is 0 Å². The Hall–Kier alpha value is -2.04. The number of rotatable bonds is 7. The topological polar surface area (TPSA) is 72.8 Å². The number of carbonyl (C=O) groups excluding carboxylic acids is 1. The maximum Gasteiger partial charge on any atom is 0.303 e. The van der Waals surface area contributed by atoms with Crippen LogP contribution in [0, 0.1) is 5.92 Å². The maximum atomic E-state index is 12.2. The van der Waals surface area contributed by atoms with Crippen LogP contribution in [0.1, 0.15) is 30.1 Å². The summed E-state index contributed by atoms with van der Waals surface area (Å²) in [5, 5.41) is 8.69. The lowest BCUT2D eigenvalue weighted by molar-refractivity contribution is -0.137. The monoisotopic (exact) mass is 266 g/mol. The first-order valence-corrected chi connectivity index (χ1v) is 5.95. The number of aliphatic carboxylic acids is 1. The molecule has 19 heavy (non-hydrogen) atoms. The Morgan fingerprint density at radius 2 is 1.89 bits per heavy atom. The van der Waals surface area contributed by atoms with Gasteiger partial charge in [0.1, 0.15) is 11.5 Å².